The highest BCUT2D eigenvalue weighted by atomic mass is 35.5. The third-order valence-corrected chi connectivity index (χ3v) is 6.69. The fourth-order valence-corrected chi connectivity index (χ4v) is 4.51. The Morgan fingerprint density at radius 1 is 1.03 bits per heavy atom. The van der Waals surface area contributed by atoms with E-state index in [9.17, 15) is 14.4 Å². The van der Waals surface area contributed by atoms with Gasteiger partial charge in [-0.2, -0.15) is 0 Å². The van der Waals surface area contributed by atoms with Crippen LogP contribution in [0.3, 0.4) is 0 Å². The molecular weight excluding hydrogens is 470 g/mol. The minimum atomic E-state index is -0.875. The summed E-state index contributed by atoms with van der Waals surface area (Å²) >= 11 is 6.60. The van der Waals surface area contributed by atoms with Gasteiger partial charge in [0.05, 0.1) is 25.4 Å². The molecule has 0 aliphatic carbocycles. The van der Waals surface area contributed by atoms with Crippen molar-refractivity contribution in [1.29, 1.82) is 0 Å². The Labute approximate surface area is 208 Å². The average Bonchev–Trinajstić information content (AvgIpc) is 2.80. The van der Waals surface area contributed by atoms with Crippen LogP contribution in [0.4, 0.5) is 16.2 Å². The van der Waals surface area contributed by atoms with Crippen molar-refractivity contribution in [2.75, 3.05) is 31.1 Å². The molecule has 0 saturated carbocycles. The van der Waals surface area contributed by atoms with Crippen molar-refractivity contribution in [2.45, 2.75) is 26.3 Å². The number of imide groups is 2. The molecule has 4 rings (SSSR count). The van der Waals surface area contributed by atoms with E-state index in [2.05, 4.69) is 30.1 Å². The van der Waals surface area contributed by atoms with Crippen LogP contribution in [0.25, 0.3) is 11.6 Å². The Kier molecular flexibility index (Phi) is 6.11. The number of anilines is 2. The SMILES string of the molecule is COc1ccc(N2C(=O)NC(=O)/C(=C/c3cc4c(cc3Cl)N(C)C(C)(C)C=C4C)C2=O)c(OC)c1. The number of hydrogen-bond donors (Lipinski definition) is 1. The first-order valence-corrected chi connectivity index (χ1v) is 11.3. The summed E-state index contributed by atoms with van der Waals surface area (Å²) in [7, 11) is 4.89. The molecule has 1 N–H and O–H groups in total. The number of ether oxygens (including phenoxy) is 2. The Balaban J connectivity index is 1.80. The largest absolute Gasteiger partial charge is 0.497 e. The van der Waals surface area contributed by atoms with Gasteiger partial charge in [0.2, 0.25) is 0 Å². The number of rotatable bonds is 4. The van der Waals surface area contributed by atoms with Crippen molar-refractivity contribution in [2.24, 2.45) is 0 Å². The predicted octanol–water partition coefficient (Wildman–Crippen LogP) is 4.66. The Morgan fingerprint density at radius 2 is 1.74 bits per heavy atom. The van der Waals surface area contributed by atoms with Crippen molar-refractivity contribution in [1.82, 2.24) is 5.32 Å². The molecule has 2 aromatic rings. The molecule has 35 heavy (non-hydrogen) atoms. The third-order valence-electron chi connectivity index (χ3n) is 6.36. The summed E-state index contributed by atoms with van der Waals surface area (Å²) in [6.07, 6.45) is 3.55. The zero-order chi connectivity index (χ0) is 25.7. The molecule has 1 saturated heterocycles. The predicted molar refractivity (Wildman–Crippen MR) is 136 cm³/mol. The zero-order valence-electron chi connectivity index (χ0n) is 20.4. The minimum Gasteiger partial charge on any atom is -0.497 e. The number of carbonyl (C=O) groups excluding carboxylic acids is 3. The molecule has 2 heterocycles. The van der Waals surface area contributed by atoms with Crippen LogP contribution in [0.5, 0.6) is 11.5 Å². The number of methoxy groups -OCH3 is 2. The summed E-state index contributed by atoms with van der Waals surface area (Å²) in [5.74, 6) is -0.871. The highest BCUT2D eigenvalue weighted by molar-refractivity contribution is 6.40. The zero-order valence-corrected chi connectivity index (χ0v) is 21.1. The number of barbiturate groups is 1. The number of nitrogens with one attached hydrogen (secondary N) is 1. The average molecular weight is 496 g/mol. The molecule has 0 radical (unpaired) electrons. The molecule has 0 atom stereocenters. The van der Waals surface area contributed by atoms with E-state index in [0.29, 0.717) is 16.3 Å². The van der Waals surface area contributed by atoms with Crippen molar-refractivity contribution in [3.8, 4) is 11.5 Å². The number of fused-ring (bicyclic) bond motifs is 1. The van der Waals surface area contributed by atoms with Gasteiger partial charge in [-0.1, -0.05) is 17.7 Å². The van der Waals surface area contributed by atoms with Crippen LogP contribution in [0, 0.1) is 0 Å². The highest BCUT2D eigenvalue weighted by Crippen LogP contribution is 2.41. The molecular formula is C26H26ClN3O5. The van der Waals surface area contributed by atoms with Gasteiger partial charge in [-0.25, -0.2) is 9.69 Å². The van der Waals surface area contributed by atoms with Gasteiger partial charge < -0.3 is 14.4 Å². The second kappa shape index (κ2) is 8.78. The molecule has 9 heteroatoms. The molecule has 0 aromatic heterocycles. The smallest absolute Gasteiger partial charge is 0.336 e. The van der Waals surface area contributed by atoms with E-state index in [-0.39, 0.29) is 22.5 Å². The first-order chi connectivity index (χ1) is 16.5. The molecule has 2 aliphatic rings. The molecule has 8 nitrogen and oxygen atoms in total. The summed E-state index contributed by atoms with van der Waals surface area (Å²) in [6.45, 7) is 6.22. The highest BCUT2D eigenvalue weighted by Gasteiger charge is 2.38. The van der Waals surface area contributed by atoms with Gasteiger partial charge in [-0.05, 0) is 62.2 Å². The van der Waals surface area contributed by atoms with Crippen LogP contribution in [-0.4, -0.2) is 44.7 Å². The topological polar surface area (TPSA) is 88.2 Å². The maximum atomic E-state index is 13.4. The fourth-order valence-electron chi connectivity index (χ4n) is 4.30. The lowest BCUT2D eigenvalue weighted by Gasteiger charge is -2.40. The number of nitrogens with zero attached hydrogens (tertiary/aromatic N) is 2. The lowest BCUT2D eigenvalue weighted by atomic mass is 9.88. The number of urea groups is 1. The maximum absolute atomic E-state index is 13.4. The molecule has 2 aliphatic heterocycles. The number of carbonyl (C=O) groups is 3. The number of halogens is 1. The van der Waals surface area contributed by atoms with Gasteiger partial charge in [-0.3, -0.25) is 14.9 Å². The van der Waals surface area contributed by atoms with Crippen molar-refractivity contribution in [3.63, 3.8) is 0 Å². The molecule has 0 spiro atoms. The lowest BCUT2D eigenvalue weighted by Crippen LogP contribution is -2.54. The number of benzene rings is 2. The monoisotopic (exact) mass is 495 g/mol. The van der Waals surface area contributed by atoms with E-state index in [1.54, 1.807) is 12.1 Å². The van der Waals surface area contributed by atoms with Gasteiger partial charge in [0.25, 0.3) is 11.8 Å². The quantitative estimate of drug-likeness (QED) is 0.490. The lowest BCUT2D eigenvalue weighted by molar-refractivity contribution is -0.122. The Hall–Kier alpha value is -3.78. The molecule has 4 amide bonds. The molecule has 182 valence electrons. The first-order valence-electron chi connectivity index (χ1n) is 10.9. The van der Waals surface area contributed by atoms with Gasteiger partial charge >= 0.3 is 6.03 Å². The van der Waals surface area contributed by atoms with Crippen LogP contribution < -0.4 is 24.6 Å². The first kappa shape index (κ1) is 24.3. The van der Waals surface area contributed by atoms with Crippen LogP contribution in [0.2, 0.25) is 5.02 Å². The standard InChI is InChI=1S/C26H26ClN3O5/c1-14-13-26(2,3)29(4)21-12-19(27)15(9-17(14)21)10-18-23(31)28-25(33)30(24(18)32)20-8-7-16(34-5)11-22(20)35-6/h7-13H,1-6H3,(H,28,31,33)/b18-10-. The van der Waals surface area contributed by atoms with E-state index in [4.69, 9.17) is 21.1 Å². The third kappa shape index (κ3) is 4.14. The number of allylic oxidation sites excluding steroid dienone is 1. The van der Waals surface area contributed by atoms with Gasteiger partial charge in [0, 0.05) is 29.4 Å². The van der Waals surface area contributed by atoms with Crippen molar-refractivity contribution < 1.29 is 23.9 Å². The van der Waals surface area contributed by atoms with Gasteiger partial charge in [0.15, 0.2) is 0 Å². The maximum Gasteiger partial charge on any atom is 0.336 e. The normalized spacial score (nSPS) is 18.3. The molecule has 0 unspecified atom stereocenters. The number of amides is 4. The van der Waals surface area contributed by atoms with Crippen LogP contribution in [-0.2, 0) is 9.59 Å². The fraction of sp³-hybridized carbons (Fsp3) is 0.269. The van der Waals surface area contributed by atoms with Crippen LogP contribution in [0.15, 0.2) is 42.0 Å². The van der Waals surface area contributed by atoms with E-state index >= 15 is 0 Å². The summed E-state index contributed by atoms with van der Waals surface area (Å²) in [4.78, 5) is 41.7. The van der Waals surface area contributed by atoms with E-state index < -0.39 is 17.8 Å². The van der Waals surface area contributed by atoms with Crippen LogP contribution >= 0.6 is 11.6 Å². The van der Waals surface area contributed by atoms with Crippen molar-refractivity contribution >= 4 is 52.5 Å². The second-order valence-electron chi connectivity index (χ2n) is 8.93. The number of hydrogen-bond acceptors (Lipinski definition) is 6. The summed E-state index contributed by atoms with van der Waals surface area (Å²) < 4.78 is 10.5. The van der Waals surface area contributed by atoms with Gasteiger partial charge in [0.1, 0.15) is 17.1 Å². The number of likely N-dealkylation sites (N-methyl/N-ethyl adjacent to an activating group) is 1. The molecule has 1 fully saturated rings. The minimum absolute atomic E-state index is 0.174. The van der Waals surface area contributed by atoms with Crippen molar-refractivity contribution in [3.05, 3.63) is 58.1 Å². The van der Waals surface area contributed by atoms with Gasteiger partial charge in [-0.15, -0.1) is 0 Å². The summed E-state index contributed by atoms with van der Waals surface area (Å²) in [5, 5.41) is 2.60. The van der Waals surface area contributed by atoms with E-state index in [0.717, 1.165) is 21.7 Å². The molecule has 2 aromatic carbocycles. The van der Waals surface area contributed by atoms with E-state index in [1.807, 2.05) is 26.1 Å². The Bertz CT molecular complexity index is 1330. The summed E-state index contributed by atoms with van der Waals surface area (Å²) in [6, 6.07) is 7.44. The Morgan fingerprint density at radius 3 is 2.40 bits per heavy atom. The van der Waals surface area contributed by atoms with E-state index in [1.165, 1.54) is 26.4 Å². The van der Waals surface area contributed by atoms with Crippen LogP contribution in [0.1, 0.15) is 31.9 Å². The second-order valence-corrected chi connectivity index (χ2v) is 9.33. The summed E-state index contributed by atoms with van der Waals surface area (Å²) in [5.41, 5.74) is 3.18. The molecule has 0 bridgehead atoms.